The van der Waals surface area contributed by atoms with Crippen molar-refractivity contribution in [2.75, 3.05) is 26.6 Å². The largest absolute Gasteiger partial charge is 0.493 e. The van der Waals surface area contributed by atoms with Gasteiger partial charge < -0.3 is 24.1 Å². The second-order valence-electron chi connectivity index (χ2n) is 7.12. The first kappa shape index (κ1) is 22.6. The monoisotopic (exact) mass is 457 g/mol. The SMILES string of the molecule is COc1cc(-c2noc(-c3ccccc3NC(=O)/C=C/c3ccccc3)n2)cc(OC)c1OC. The average molecular weight is 457 g/mol. The molecule has 0 bridgehead atoms. The molecule has 0 atom stereocenters. The predicted octanol–water partition coefficient (Wildman–Crippen LogP) is 5.08. The Kier molecular flexibility index (Phi) is 6.88. The number of carbonyl (C=O) groups is 1. The van der Waals surface area contributed by atoms with E-state index < -0.39 is 0 Å². The zero-order valence-electron chi connectivity index (χ0n) is 18.9. The van der Waals surface area contributed by atoms with Gasteiger partial charge in [0.2, 0.25) is 17.5 Å². The number of hydrogen-bond donors (Lipinski definition) is 1. The normalized spacial score (nSPS) is 10.8. The Bertz CT molecular complexity index is 1290. The van der Waals surface area contributed by atoms with Gasteiger partial charge in [0.15, 0.2) is 11.5 Å². The summed E-state index contributed by atoms with van der Waals surface area (Å²) in [5, 5.41) is 6.97. The van der Waals surface area contributed by atoms with Gasteiger partial charge >= 0.3 is 0 Å². The molecular formula is C26H23N3O5. The summed E-state index contributed by atoms with van der Waals surface area (Å²) in [4.78, 5) is 17.0. The van der Waals surface area contributed by atoms with E-state index in [1.807, 2.05) is 42.5 Å². The molecule has 34 heavy (non-hydrogen) atoms. The van der Waals surface area contributed by atoms with Crippen molar-refractivity contribution in [1.82, 2.24) is 10.1 Å². The molecule has 0 spiro atoms. The van der Waals surface area contributed by atoms with Crippen LogP contribution in [0.2, 0.25) is 0 Å². The first-order valence-corrected chi connectivity index (χ1v) is 10.4. The number of amides is 1. The molecule has 3 aromatic carbocycles. The van der Waals surface area contributed by atoms with E-state index in [9.17, 15) is 4.79 Å². The van der Waals surface area contributed by atoms with Gasteiger partial charge in [0.25, 0.3) is 5.89 Å². The number of nitrogens with one attached hydrogen (secondary N) is 1. The zero-order chi connectivity index (χ0) is 23.9. The maximum absolute atomic E-state index is 12.5. The predicted molar refractivity (Wildman–Crippen MR) is 129 cm³/mol. The van der Waals surface area contributed by atoms with Crippen LogP contribution in [0.15, 0.2) is 77.3 Å². The molecule has 1 heterocycles. The summed E-state index contributed by atoms with van der Waals surface area (Å²) in [6.45, 7) is 0. The Morgan fingerprint density at radius 2 is 1.59 bits per heavy atom. The van der Waals surface area contributed by atoms with Crippen molar-refractivity contribution in [1.29, 1.82) is 0 Å². The first-order valence-electron chi connectivity index (χ1n) is 10.4. The third-order valence-corrected chi connectivity index (χ3v) is 4.99. The summed E-state index contributed by atoms with van der Waals surface area (Å²) in [7, 11) is 4.61. The van der Waals surface area contributed by atoms with Crippen LogP contribution in [0.4, 0.5) is 5.69 Å². The maximum atomic E-state index is 12.5. The molecule has 1 amide bonds. The van der Waals surface area contributed by atoms with E-state index in [-0.39, 0.29) is 11.8 Å². The third kappa shape index (κ3) is 4.91. The summed E-state index contributed by atoms with van der Waals surface area (Å²) in [5.41, 5.74) is 2.69. The van der Waals surface area contributed by atoms with E-state index in [2.05, 4.69) is 15.5 Å². The van der Waals surface area contributed by atoms with Gasteiger partial charge in [-0.05, 0) is 35.9 Å². The highest BCUT2D eigenvalue weighted by Gasteiger charge is 2.19. The van der Waals surface area contributed by atoms with Crippen LogP contribution in [0.3, 0.4) is 0 Å². The summed E-state index contributed by atoms with van der Waals surface area (Å²) >= 11 is 0. The fourth-order valence-corrected chi connectivity index (χ4v) is 3.35. The number of carbonyl (C=O) groups excluding carboxylic acids is 1. The molecule has 8 heteroatoms. The van der Waals surface area contributed by atoms with Gasteiger partial charge in [-0.1, -0.05) is 47.6 Å². The van der Waals surface area contributed by atoms with Crippen molar-refractivity contribution in [2.24, 2.45) is 0 Å². The lowest BCUT2D eigenvalue weighted by molar-refractivity contribution is -0.111. The fourth-order valence-electron chi connectivity index (χ4n) is 3.35. The quantitative estimate of drug-likeness (QED) is 0.369. The molecule has 0 aliphatic heterocycles. The van der Waals surface area contributed by atoms with Crippen LogP contribution in [0.5, 0.6) is 17.2 Å². The smallest absolute Gasteiger partial charge is 0.260 e. The first-order chi connectivity index (χ1) is 16.6. The van der Waals surface area contributed by atoms with Gasteiger partial charge in [0, 0.05) is 11.6 Å². The maximum Gasteiger partial charge on any atom is 0.260 e. The molecular weight excluding hydrogens is 434 g/mol. The molecule has 1 N–H and O–H groups in total. The molecule has 172 valence electrons. The van der Waals surface area contributed by atoms with Gasteiger partial charge in [0.05, 0.1) is 32.6 Å². The molecule has 0 saturated heterocycles. The fraction of sp³-hybridized carbons (Fsp3) is 0.115. The van der Waals surface area contributed by atoms with Crippen molar-refractivity contribution in [3.8, 4) is 40.1 Å². The van der Waals surface area contributed by atoms with E-state index in [0.717, 1.165) is 5.56 Å². The lowest BCUT2D eigenvalue weighted by Crippen LogP contribution is -2.08. The summed E-state index contributed by atoms with van der Waals surface area (Å²) in [6.07, 6.45) is 3.22. The van der Waals surface area contributed by atoms with Crippen LogP contribution in [-0.4, -0.2) is 37.4 Å². The van der Waals surface area contributed by atoms with Crippen LogP contribution in [0, 0.1) is 0 Å². The van der Waals surface area contributed by atoms with Crippen LogP contribution >= 0.6 is 0 Å². The molecule has 0 saturated carbocycles. The average Bonchev–Trinajstić information content (AvgIpc) is 3.37. The lowest BCUT2D eigenvalue weighted by atomic mass is 10.1. The molecule has 0 unspecified atom stereocenters. The molecule has 0 aliphatic rings. The third-order valence-electron chi connectivity index (χ3n) is 4.99. The Hall–Kier alpha value is -4.59. The van der Waals surface area contributed by atoms with Crippen molar-refractivity contribution >= 4 is 17.7 Å². The van der Waals surface area contributed by atoms with Gasteiger partial charge in [-0.3, -0.25) is 4.79 Å². The van der Waals surface area contributed by atoms with Gasteiger partial charge in [0.1, 0.15) is 0 Å². The van der Waals surface area contributed by atoms with Crippen molar-refractivity contribution in [3.63, 3.8) is 0 Å². The van der Waals surface area contributed by atoms with Gasteiger partial charge in [-0.15, -0.1) is 0 Å². The van der Waals surface area contributed by atoms with Crippen molar-refractivity contribution in [3.05, 3.63) is 78.4 Å². The Labute approximate surface area is 196 Å². The number of rotatable bonds is 8. The molecule has 8 nitrogen and oxygen atoms in total. The Morgan fingerprint density at radius 3 is 2.26 bits per heavy atom. The highest BCUT2D eigenvalue weighted by Crippen LogP contribution is 2.41. The van der Waals surface area contributed by atoms with E-state index in [4.69, 9.17) is 18.7 Å². The molecule has 4 rings (SSSR count). The van der Waals surface area contributed by atoms with Gasteiger partial charge in [-0.25, -0.2) is 0 Å². The lowest BCUT2D eigenvalue weighted by Gasteiger charge is -2.12. The van der Waals surface area contributed by atoms with Crippen molar-refractivity contribution in [2.45, 2.75) is 0 Å². The van der Waals surface area contributed by atoms with E-state index >= 15 is 0 Å². The number of methoxy groups -OCH3 is 3. The topological polar surface area (TPSA) is 95.7 Å². The molecule has 0 fully saturated rings. The number of hydrogen-bond acceptors (Lipinski definition) is 7. The Morgan fingerprint density at radius 1 is 0.912 bits per heavy atom. The number of para-hydroxylation sites is 1. The van der Waals surface area contributed by atoms with Crippen LogP contribution in [0.25, 0.3) is 28.9 Å². The number of aromatic nitrogens is 2. The number of benzene rings is 3. The molecule has 1 aromatic heterocycles. The van der Waals surface area contributed by atoms with Crippen LogP contribution in [0.1, 0.15) is 5.56 Å². The number of nitrogens with zero attached hydrogens (tertiary/aromatic N) is 2. The summed E-state index contributed by atoms with van der Waals surface area (Å²) < 4.78 is 21.7. The Balaban J connectivity index is 1.60. The highest BCUT2D eigenvalue weighted by molar-refractivity contribution is 6.03. The van der Waals surface area contributed by atoms with E-state index in [1.54, 1.807) is 30.3 Å². The van der Waals surface area contributed by atoms with E-state index in [1.165, 1.54) is 27.4 Å². The number of anilines is 1. The molecule has 0 radical (unpaired) electrons. The molecule has 0 aliphatic carbocycles. The summed E-state index contributed by atoms with van der Waals surface area (Å²) in [6, 6.07) is 20.3. The minimum Gasteiger partial charge on any atom is -0.493 e. The highest BCUT2D eigenvalue weighted by atomic mass is 16.5. The van der Waals surface area contributed by atoms with Crippen LogP contribution in [-0.2, 0) is 4.79 Å². The second-order valence-corrected chi connectivity index (χ2v) is 7.12. The second kappa shape index (κ2) is 10.4. The minimum atomic E-state index is -0.277. The minimum absolute atomic E-state index is 0.256. The van der Waals surface area contributed by atoms with Gasteiger partial charge in [-0.2, -0.15) is 4.98 Å². The van der Waals surface area contributed by atoms with Crippen LogP contribution < -0.4 is 19.5 Å². The summed E-state index contributed by atoms with van der Waals surface area (Å²) in [5.74, 6) is 1.72. The standard InChI is InChI=1S/C26H23N3O5/c1-31-21-15-18(16-22(32-2)24(21)33-3)25-28-26(34-29-25)19-11-7-8-12-20(19)27-23(30)14-13-17-9-5-4-6-10-17/h4-16H,1-3H3,(H,27,30)/b14-13+. The zero-order valence-corrected chi connectivity index (χ0v) is 18.9. The number of ether oxygens (including phenoxy) is 3. The van der Waals surface area contributed by atoms with E-state index in [0.29, 0.717) is 39.9 Å². The molecule has 4 aromatic rings. The van der Waals surface area contributed by atoms with Crippen molar-refractivity contribution < 1.29 is 23.5 Å².